The van der Waals surface area contributed by atoms with Crippen molar-refractivity contribution in [2.75, 3.05) is 0 Å². The van der Waals surface area contributed by atoms with E-state index < -0.39 is 0 Å². The first-order valence-corrected chi connectivity index (χ1v) is 15.4. The molecule has 0 unspecified atom stereocenters. The van der Waals surface area contributed by atoms with Crippen LogP contribution < -0.4 is 0 Å². The molecular formula is C35H29N3S. The van der Waals surface area contributed by atoms with E-state index in [-0.39, 0.29) is 0 Å². The minimum atomic E-state index is 0.413. The lowest BCUT2D eigenvalue weighted by Crippen LogP contribution is -2.48. The maximum absolute atomic E-state index is 4.91. The third-order valence-electron chi connectivity index (χ3n) is 10.5. The van der Waals surface area contributed by atoms with E-state index in [1.165, 1.54) is 81.8 Å². The Morgan fingerprint density at radius 2 is 1.38 bits per heavy atom. The lowest BCUT2D eigenvalue weighted by Gasteiger charge is -2.57. The van der Waals surface area contributed by atoms with Crippen LogP contribution in [0.1, 0.15) is 44.1 Å². The third kappa shape index (κ3) is 2.80. The summed E-state index contributed by atoms with van der Waals surface area (Å²) in [5, 5.41) is 2.77. The van der Waals surface area contributed by atoms with E-state index in [9.17, 15) is 0 Å². The van der Waals surface area contributed by atoms with Crippen molar-refractivity contribution in [3.05, 3.63) is 90.5 Å². The number of aromatic nitrogens is 3. The number of benzene rings is 4. The van der Waals surface area contributed by atoms with Gasteiger partial charge >= 0.3 is 0 Å². The van der Waals surface area contributed by atoms with Gasteiger partial charge < -0.3 is 4.57 Å². The molecule has 0 atom stereocenters. The van der Waals surface area contributed by atoms with Crippen LogP contribution in [0.4, 0.5) is 0 Å². The zero-order valence-electron chi connectivity index (χ0n) is 21.8. The third-order valence-corrected chi connectivity index (χ3v) is 11.5. The number of thiazole rings is 1. The number of nitrogens with zero attached hydrogens (tertiary/aromatic N) is 3. The highest BCUT2D eigenvalue weighted by molar-refractivity contribution is 7.23. The summed E-state index contributed by atoms with van der Waals surface area (Å²) in [5.41, 5.74) is 9.31. The SMILES string of the molecule is c1ccc2c(c1)nc1sc3ccc(-n4c5ccccc5c5cc(C67CC8CC(CC(C8)C6)C7)ccc54)cc3n12. The van der Waals surface area contributed by atoms with Crippen LogP contribution in [-0.4, -0.2) is 14.0 Å². The second kappa shape index (κ2) is 7.31. The van der Waals surface area contributed by atoms with Gasteiger partial charge in [0.25, 0.3) is 0 Å². The Balaban J connectivity index is 1.21. The average molecular weight is 524 g/mol. The van der Waals surface area contributed by atoms with Crippen LogP contribution in [0.15, 0.2) is 84.9 Å². The van der Waals surface area contributed by atoms with Gasteiger partial charge in [0.15, 0.2) is 4.96 Å². The molecule has 0 radical (unpaired) electrons. The van der Waals surface area contributed by atoms with Crippen LogP contribution in [0.2, 0.25) is 0 Å². The van der Waals surface area contributed by atoms with Crippen molar-refractivity contribution in [3.8, 4) is 5.69 Å². The highest BCUT2D eigenvalue weighted by Crippen LogP contribution is 2.61. The zero-order valence-corrected chi connectivity index (χ0v) is 22.6. The number of hydrogen-bond donors (Lipinski definition) is 0. The largest absolute Gasteiger partial charge is 0.309 e. The molecule has 3 heterocycles. The van der Waals surface area contributed by atoms with Crippen LogP contribution in [0.5, 0.6) is 0 Å². The van der Waals surface area contributed by atoms with Gasteiger partial charge in [-0.05, 0) is 116 Å². The second-order valence-electron chi connectivity index (χ2n) is 12.8. The maximum Gasteiger partial charge on any atom is 0.195 e. The molecule has 3 nitrogen and oxygen atoms in total. The molecule has 4 aromatic carbocycles. The lowest BCUT2D eigenvalue weighted by atomic mass is 9.48. The van der Waals surface area contributed by atoms with Crippen molar-refractivity contribution in [1.29, 1.82) is 0 Å². The maximum atomic E-state index is 4.91. The van der Waals surface area contributed by atoms with Crippen molar-refractivity contribution in [3.63, 3.8) is 0 Å². The molecule has 4 heteroatoms. The molecule has 3 aromatic heterocycles. The Bertz CT molecular complexity index is 2090. The molecule has 4 bridgehead atoms. The predicted molar refractivity (Wildman–Crippen MR) is 162 cm³/mol. The first kappa shape index (κ1) is 21.2. The van der Waals surface area contributed by atoms with Gasteiger partial charge in [-0.2, -0.15) is 0 Å². The Kier molecular flexibility index (Phi) is 3.98. The molecule has 4 saturated carbocycles. The van der Waals surface area contributed by atoms with Crippen LogP contribution in [0.25, 0.3) is 53.7 Å². The van der Waals surface area contributed by atoms with Crippen LogP contribution in [0, 0.1) is 17.8 Å². The summed E-state index contributed by atoms with van der Waals surface area (Å²) in [7, 11) is 0. The Hall–Kier alpha value is -3.63. The van der Waals surface area contributed by atoms with Gasteiger partial charge in [0.2, 0.25) is 0 Å². The van der Waals surface area contributed by atoms with Gasteiger partial charge in [-0.3, -0.25) is 4.40 Å². The Labute approximate surface area is 230 Å². The fraction of sp³-hybridized carbons (Fsp3) is 0.286. The summed E-state index contributed by atoms with van der Waals surface area (Å²) in [6.07, 6.45) is 8.70. The van der Waals surface area contributed by atoms with Gasteiger partial charge in [0, 0.05) is 16.5 Å². The second-order valence-corrected chi connectivity index (χ2v) is 13.8. The molecule has 0 N–H and O–H groups in total. The van der Waals surface area contributed by atoms with Gasteiger partial charge in [-0.1, -0.05) is 47.7 Å². The van der Waals surface area contributed by atoms with Gasteiger partial charge in [0.05, 0.1) is 32.3 Å². The number of rotatable bonds is 2. The van der Waals surface area contributed by atoms with Crippen molar-refractivity contribution in [2.45, 2.75) is 43.9 Å². The van der Waals surface area contributed by atoms with Crippen molar-refractivity contribution >= 4 is 59.4 Å². The lowest BCUT2D eigenvalue weighted by molar-refractivity contribution is -0.00512. The highest BCUT2D eigenvalue weighted by atomic mass is 32.1. The van der Waals surface area contributed by atoms with E-state index in [0.29, 0.717) is 5.41 Å². The van der Waals surface area contributed by atoms with Gasteiger partial charge in [-0.15, -0.1) is 0 Å². The predicted octanol–water partition coefficient (Wildman–Crippen LogP) is 9.27. The minimum Gasteiger partial charge on any atom is -0.309 e. The van der Waals surface area contributed by atoms with E-state index in [1.54, 1.807) is 16.9 Å². The number of hydrogen-bond acceptors (Lipinski definition) is 2. The van der Waals surface area contributed by atoms with Crippen molar-refractivity contribution in [2.24, 2.45) is 17.8 Å². The standard InChI is InChI=1S/C35H29N3S/c1-3-7-29-26(5-1)27-16-24(35-18-21-13-22(19-35)15-23(14-21)20-35)9-11-30(27)37(29)25-10-12-33-32(17-25)38-31-8-4-2-6-28(31)36-34(38)39-33/h1-12,16-17,21-23H,13-15,18-20H2. The summed E-state index contributed by atoms with van der Waals surface area (Å²) in [6.45, 7) is 0. The van der Waals surface area contributed by atoms with Gasteiger partial charge in [0.1, 0.15) is 0 Å². The Morgan fingerprint density at radius 3 is 2.21 bits per heavy atom. The van der Waals surface area contributed by atoms with Crippen molar-refractivity contribution < 1.29 is 0 Å². The van der Waals surface area contributed by atoms with E-state index in [0.717, 1.165) is 28.2 Å². The van der Waals surface area contributed by atoms with E-state index in [2.05, 4.69) is 93.9 Å². The van der Waals surface area contributed by atoms with Crippen LogP contribution >= 0.6 is 11.3 Å². The molecule has 11 rings (SSSR count). The molecule has 7 aromatic rings. The molecule has 4 fully saturated rings. The van der Waals surface area contributed by atoms with Crippen molar-refractivity contribution in [1.82, 2.24) is 14.0 Å². The number of imidazole rings is 1. The normalized spacial score (nSPS) is 26.2. The molecule has 0 saturated heterocycles. The average Bonchev–Trinajstić information content (AvgIpc) is 3.59. The number of para-hydroxylation sites is 3. The van der Waals surface area contributed by atoms with Crippen LogP contribution in [-0.2, 0) is 5.41 Å². The van der Waals surface area contributed by atoms with E-state index in [4.69, 9.17) is 4.98 Å². The zero-order chi connectivity index (χ0) is 25.3. The van der Waals surface area contributed by atoms with E-state index >= 15 is 0 Å². The molecule has 39 heavy (non-hydrogen) atoms. The summed E-state index contributed by atoms with van der Waals surface area (Å²) in [5.74, 6) is 2.88. The fourth-order valence-electron chi connectivity index (χ4n) is 9.35. The van der Waals surface area contributed by atoms with Gasteiger partial charge in [-0.25, -0.2) is 4.98 Å². The highest BCUT2D eigenvalue weighted by Gasteiger charge is 2.51. The fourth-order valence-corrected chi connectivity index (χ4v) is 10.4. The summed E-state index contributed by atoms with van der Waals surface area (Å²) < 4.78 is 6.09. The summed E-state index contributed by atoms with van der Waals surface area (Å²) in [4.78, 5) is 5.97. The minimum absolute atomic E-state index is 0.413. The molecule has 190 valence electrons. The van der Waals surface area contributed by atoms with E-state index in [1.807, 2.05) is 0 Å². The van der Waals surface area contributed by atoms with Crippen LogP contribution in [0.3, 0.4) is 0 Å². The Morgan fingerprint density at radius 1 is 0.667 bits per heavy atom. The monoisotopic (exact) mass is 523 g/mol. The topological polar surface area (TPSA) is 22.2 Å². The molecule has 0 aliphatic heterocycles. The molecular weight excluding hydrogens is 494 g/mol. The molecule has 0 amide bonds. The summed E-state index contributed by atoms with van der Waals surface area (Å²) >= 11 is 1.77. The summed E-state index contributed by atoms with van der Waals surface area (Å²) in [6, 6.07) is 31.9. The first-order chi connectivity index (χ1) is 19.2. The molecule has 4 aliphatic rings. The quantitative estimate of drug-likeness (QED) is 0.221. The number of fused-ring (bicyclic) bond motifs is 8. The molecule has 0 spiro atoms. The smallest absolute Gasteiger partial charge is 0.195 e. The molecule has 4 aliphatic carbocycles. The first-order valence-electron chi connectivity index (χ1n) is 14.6.